The number of nitrogens with two attached hydrogens (primary N) is 3. The zero-order valence-electron chi connectivity index (χ0n) is 10.7. The number of aliphatic imine (C=N–C) groups is 1. The molecule has 18 heavy (non-hydrogen) atoms. The molecule has 7 heteroatoms. The van der Waals surface area contributed by atoms with Crippen LogP contribution in [0.15, 0.2) is 4.99 Å². The zero-order chi connectivity index (χ0) is 13.4. The fourth-order valence-corrected chi connectivity index (χ4v) is 1.92. The lowest BCUT2D eigenvalue weighted by atomic mass is 10.1. The van der Waals surface area contributed by atoms with Gasteiger partial charge in [0.25, 0.3) is 0 Å². The van der Waals surface area contributed by atoms with Crippen molar-refractivity contribution in [2.24, 2.45) is 22.2 Å². The molecule has 7 nitrogen and oxygen atoms in total. The molecule has 104 valence electrons. The molecule has 0 aromatic carbocycles. The van der Waals surface area contributed by atoms with Gasteiger partial charge in [0.1, 0.15) is 0 Å². The number of carbonyl (C=O) groups is 1. The third kappa shape index (κ3) is 5.83. The molecule has 0 radical (unpaired) electrons. The van der Waals surface area contributed by atoms with Gasteiger partial charge in [-0.15, -0.1) is 0 Å². The van der Waals surface area contributed by atoms with Crippen LogP contribution in [0.3, 0.4) is 0 Å². The van der Waals surface area contributed by atoms with Crippen molar-refractivity contribution in [2.45, 2.75) is 37.8 Å². The van der Waals surface area contributed by atoms with Crippen LogP contribution in [0.4, 0.5) is 0 Å². The van der Waals surface area contributed by atoms with E-state index in [1.807, 2.05) is 0 Å². The summed E-state index contributed by atoms with van der Waals surface area (Å²) in [5.74, 6) is -0.00525. The zero-order valence-corrected chi connectivity index (χ0v) is 10.7. The third-order valence-electron chi connectivity index (χ3n) is 2.99. The van der Waals surface area contributed by atoms with Gasteiger partial charge in [-0.2, -0.15) is 0 Å². The highest BCUT2D eigenvalue weighted by Gasteiger charge is 2.19. The smallest absolute Gasteiger partial charge is 0.237 e. The van der Waals surface area contributed by atoms with Crippen molar-refractivity contribution in [1.82, 2.24) is 10.6 Å². The number of amides is 1. The van der Waals surface area contributed by atoms with E-state index < -0.39 is 6.04 Å². The van der Waals surface area contributed by atoms with Gasteiger partial charge in [-0.05, 0) is 38.8 Å². The predicted octanol–water partition coefficient (Wildman–Crippen LogP) is -1.76. The van der Waals surface area contributed by atoms with Gasteiger partial charge in [-0.25, -0.2) is 0 Å². The van der Waals surface area contributed by atoms with Crippen molar-refractivity contribution in [3.8, 4) is 0 Å². The van der Waals surface area contributed by atoms with Gasteiger partial charge in [0.2, 0.25) is 5.91 Å². The number of carbonyl (C=O) groups excluding carboxylic acids is 1. The van der Waals surface area contributed by atoms with Crippen molar-refractivity contribution in [1.29, 1.82) is 0 Å². The molecule has 0 spiro atoms. The molecule has 1 rings (SSSR count). The maximum Gasteiger partial charge on any atom is 0.237 e. The topological polar surface area (TPSA) is 132 Å². The Bertz CT molecular complexity index is 283. The average molecular weight is 256 g/mol. The Morgan fingerprint density at radius 2 is 2.06 bits per heavy atom. The van der Waals surface area contributed by atoms with Crippen molar-refractivity contribution in [3.63, 3.8) is 0 Å². The monoisotopic (exact) mass is 256 g/mol. The molecular formula is C11H24N6O. The van der Waals surface area contributed by atoms with Gasteiger partial charge in [0, 0.05) is 12.6 Å². The molecule has 0 aliphatic carbocycles. The standard InChI is InChI=1S/C11H24N6O/c12-9(2-1-5-16-11(13)14)10(18)17-8-3-6-15-7-4-8/h8-9,15H,1-7,12H2,(H,17,18)(H4,13,14,16)/t9-/m0/s1. The first kappa shape index (κ1) is 14.7. The van der Waals surface area contributed by atoms with Gasteiger partial charge < -0.3 is 27.8 Å². The number of guanidine groups is 1. The maximum absolute atomic E-state index is 11.8. The lowest BCUT2D eigenvalue weighted by molar-refractivity contribution is -0.123. The molecule has 1 aliphatic heterocycles. The van der Waals surface area contributed by atoms with Crippen LogP contribution in [0.25, 0.3) is 0 Å². The van der Waals surface area contributed by atoms with E-state index in [4.69, 9.17) is 17.2 Å². The summed E-state index contributed by atoms with van der Waals surface area (Å²) in [6, 6.07) is -0.225. The van der Waals surface area contributed by atoms with E-state index in [-0.39, 0.29) is 17.9 Å². The first-order chi connectivity index (χ1) is 8.59. The number of nitrogens with zero attached hydrogens (tertiary/aromatic N) is 1. The fraction of sp³-hybridized carbons (Fsp3) is 0.818. The van der Waals surface area contributed by atoms with Gasteiger partial charge in [0.05, 0.1) is 6.04 Å². The summed E-state index contributed by atoms with van der Waals surface area (Å²) in [5, 5.41) is 6.23. The van der Waals surface area contributed by atoms with Gasteiger partial charge in [0.15, 0.2) is 5.96 Å². The second-order valence-electron chi connectivity index (χ2n) is 4.59. The first-order valence-electron chi connectivity index (χ1n) is 6.41. The number of hydrogen-bond acceptors (Lipinski definition) is 4. The van der Waals surface area contributed by atoms with E-state index >= 15 is 0 Å². The molecule has 0 saturated carbocycles. The molecule has 1 aliphatic rings. The minimum atomic E-state index is -0.478. The predicted molar refractivity (Wildman–Crippen MR) is 71.9 cm³/mol. The van der Waals surface area contributed by atoms with Crippen molar-refractivity contribution < 1.29 is 4.79 Å². The molecule has 8 N–H and O–H groups in total. The second-order valence-corrected chi connectivity index (χ2v) is 4.59. The number of hydrogen-bond donors (Lipinski definition) is 5. The highest BCUT2D eigenvalue weighted by Crippen LogP contribution is 2.03. The van der Waals surface area contributed by atoms with Crippen LogP contribution >= 0.6 is 0 Å². The quantitative estimate of drug-likeness (QED) is 0.218. The van der Waals surface area contributed by atoms with Gasteiger partial charge in [-0.3, -0.25) is 9.79 Å². The summed E-state index contributed by atoms with van der Waals surface area (Å²) in [6.07, 6.45) is 3.23. The van der Waals surface area contributed by atoms with Crippen LogP contribution in [0.1, 0.15) is 25.7 Å². The summed E-state index contributed by atoms with van der Waals surface area (Å²) >= 11 is 0. The minimum Gasteiger partial charge on any atom is -0.370 e. The molecular weight excluding hydrogens is 232 g/mol. The summed E-state index contributed by atoms with van der Waals surface area (Å²) < 4.78 is 0. The maximum atomic E-state index is 11.8. The first-order valence-corrected chi connectivity index (χ1v) is 6.41. The highest BCUT2D eigenvalue weighted by molar-refractivity contribution is 5.81. The largest absolute Gasteiger partial charge is 0.370 e. The average Bonchev–Trinajstić information content (AvgIpc) is 2.35. The molecule has 0 unspecified atom stereocenters. The van der Waals surface area contributed by atoms with Crippen LogP contribution in [-0.2, 0) is 4.79 Å². The molecule has 1 amide bonds. The van der Waals surface area contributed by atoms with E-state index in [0.29, 0.717) is 19.4 Å². The Hall–Kier alpha value is -1.34. The van der Waals surface area contributed by atoms with Crippen LogP contribution in [0, 0.1) is 0 Å². The lowest BCUT2D eigenvalue weighted by Crippen LogP contribution is -2.48. The summed E-state index contributed by atoms with van der Waals surface area (Å²) in [5.41, 5.74) is 16.2. The Morgan fingerprint density at radius 1 is 1.39 bits per heavy atom. The Morgan fingerprint density at radius 3 is 2.67 bits per heavy atom. The van der Waals surface area contributed by atoms with E-state index in [9.17, 15) is 4.79 Å². The summed E-state index contributed by atoms with van der Waals surface area (Å²) in [4.78, 5) is 15.6. The summed E-state index contributed by atoms with van der Waals surface area (Å²) in [6.45, 7) is 2.41. The van der Waals surface area contributed by atoms with Crippen LogP contribution in [-0.4, -0.2) is 43.6 Å². The number of rotatable bonds is 6. The molecule has 1 atom stereocenters. The Labute approximate surface area is 108 Å². The van der Waals surface area contributed by atoms with Gasteiger partial charge in [-0.1, -0.05) is 0 Å². The van der Waals surface area contributed by atoms with Crippen LogP contribution in [0.5, 0.6) is 0 Å². The number of nitrogens with one attached hydrogen (secondary N) is 2. The molecule has 1 heterocycles. The van der Waals surface area contributed by atoms with Crippen LogP contribution < -0.4 is 27.8 Å². The molecule has 0 aromatic heterocycles. The van der Waals surface area contributed by atoms with E-state index in [0.717, 1.165) is 25.9 Å². The van der Waals surface area contributed by atoms with E-state index in [1.165, 1.54) is 0 Å². The summed E-state index contributed by atoms with van der Waals surface area (Å²) in [7, 11) is 0. The van der Waals surface area contributed by atoms with Crippen molar-refractivity contribution >= 4 is 11.9 Å². The van der Waals surface area contributed by atoms with Crippen LogP contribution in [0.2, 0.25) is 0 Å². The third-order valence-corrected chi connectivity index (χ3v) is 2.99. The lowest BCUT2D eigenvalue weighted by Gasteiger charge is -2.25. The van der Waals surface area contributed by atoms with E-state index in [2.05, 4.69) is 15.6 Å². The Kier molecular flexibility index (Phi) is 6.45. The molecule has 1 saturated heterocycles. The Balaban J connectivity index is 2.17. The molecule has 1 fully saturated rings. The van der Waals surface area contributed by atoms with E-state index in [1.54, 1.807) is 0 Å². The fourth-order valence-electron chi connectivity index (χ4n) is 1.92. The minimum absolute atomic E-state index is 0.0720. The second kappa shape index (κ2) is 7.88. The normalized spacial score (nSPS) is 18.1. The molecule has 0 aromatic rings. The highest BCUT2D eigenvalue weighted by atomic mass is 16.2. The SMILES string of the molecule is NC(N)=NCCC[C@H](N)C(=O)NC1CCNCC1. The molecule has 0 bridgehead atoms. The van der Waals surface area contributed by atoms with Gasteiger partial charge >= 0.3 is 0 Å². The van der Waals surface area contributed by atoms with Crippen molar-refractivity contribution in [2.75, 3.05) is 19.6 Å². The number of piperidine rings is 1. The van der Waals surface area contributed by atoms with Crippen molar-refractivity contribution in [3.05, 3.63) is 0 Å².